The number of hydrogen-bond donors (Lipinski definition) is 1. The summed E-state index contributed by atoms with van der Waals surface area (Å²) in [4.78, 5) is 32.6. The van der Waals surface area contributed by atoms with Crippen LogP contribution in [0.4, 0.5) is 0 Å². The van der Waals surface area contributed by atoms with Gasteiger partial charge < -0.3 is 19.4 Å². The van der Waals surface area contributed by atoms with Gasteiger partial charge in [-0.2, -0.15) is 0 Å². The molecule has 21 heavy (non-hydrogen) atoms. The minimum absolute atomic E-state index is 0.151. The first kappa shape index (κ1) is 15.5. The molecule has 1 fully saturated rings. The number of amides is 1. The van der Waals surface area contributed by atoms with Gasteiger partial charge in [-0.15, -0.1) is 0 Å². The summed E-state index contributed by atoms with van der Waals surface area (Å²) >= 11 is 0. The molecule has 1 N–H and O–H groups in total. The summed E-state index contributed by atoms with van der Waals surface area (Å²) in [5.41, 5.74) is -0.409. The van der Waals surface area contributed by atoms with Crippen LogP contribution in [0.1, 0.15) is 48.3 Å². The van der Waals surface area contributed by atoms with Crippen LogP contribution in [0.15, 0.2) is 6.20 Å². The third kappa shape index (κ3) is 4.29. The fourth-order valence-corrected chi connectivity index (χ4v) is 1.97. The van der Waals surface area contributed by atoms with Crippen molar-refractivity contribution in [3.8, 4) is 0 Å². The standard InChI is InChI=1S/C14H21N3O4/c1-14(2,3)21-13(19)10-9-15-11(16-10)12(18)17-5-4-7-20-8-6-17/h9H,4-8H2,1-3H3,(H,15,16). The lowest BCUT2D eigenvalue weighted by atomic mass is 10.2. The Bertz CT molecular complexity index is 511. The average molecular weight is 295 g/mol. The van der Waals surface area contributed by atoms with Crippen LogP contribution in [-0.2, 0) is 9.47 Å². The molecule has 1 saturated heterocycles. The zero-order valence-corrected chi connectivity index (χ0v) is 12.6. The monoisotopic (exact) mass is 295 g/mol. The van der Waals surface area contributed by atoms with Gasteiger partial charge in [0.2, 0.25) is 0 Å². The predicted molar refractivity (Wildman–Crippen MR) is 75.1 cm³/mol. The Morgan fingerprint density at radius 1 is 1.33 bits per heavy atom. The van der Waals surface area contributed by atoms with Crippen LogP contribution in [-0.4, -0.2) is 58.6 Å². The molecule has 2 rings (SSSR count). The number of nitrogens with zero attached hydrogens (tertiary/aromatic N) is 2. The molecule has 0 saturated carbocycles. The van der Waals surface area contributed by atoms with Crippen LogP contribution in [0.5, 0.6) is 0 Å². The summed E-state index contributed by atoms with van der Waals surface area (Å²) in [6, 6.07) is 0. The molecule has 0 radical (unpaired) electrons. The minimum Gasteiger partial charge on any atom is -0.455 e. The number of carbonyl (C=O) groups is 2. The van der Waals surface area contributed by atoms with E-state index in [1.54, 1.807) is 25.7 Å². The van der Waals surface area contributed by atoms with Gasteiger partial charge in [-0.25, -0.2) is 9.78 Å². The van der Waals surface area contributed by atoms with Crippen molar-refractivity contribution < 1.29 is 19.1 Å². The van der Waals surface area contributed by atoms with E-state index in [0.29, 0.717) is 26.3 Å². The van der Waals surface area contributed by atoms with Crippen molar-refractivity contribution in [1.29, 1.82) is 0 Å². The van der Waals surface area contributed by atoms with E-state index < -0.39 is 11.6 Å². The lowest BCUT2D eigenvalue weighted by Crippen LogP contribution is -2.34. The van der Waals surface area contributed by atoms with Crippen LogP contribution in [0.25, 0.3) is 0 Å². The molecule has 0 aromatic carbocycles. The maximum Gasteiger partial charge on any atom is 0.356 e. The molecular weight excluding hydrogens is 274 g/mol. The van der Waals surface area contributed by atoms with Gasteiger partial charge in [0.1, 0.15) is 11.3 Å². The number of esters is 1. The molecule has 1 aromatic rings. The molecular formula is C14H21N3O4. The second kappa shape index (κ2) is 6.26. The van der Waals surface area contributed by atoms with Crippen molar-refractivity contribution in [3.63, 3.8) is 0 Å². The van der Waals surface area contributed by atoms with Gasteiger partial charge in [0, 0.05) is 19.7 Å². The molecule has 1 aliphatic rings. The molecule has 7 heteroatoms. The highest BCUT2D eigenvalue weighted by molar-refractivity contribution is 5.93. The Labute approximate surface area is 123 Å². The van der Waals surface area contributed by atoms with Crippen LogP contribution < -0.4 is 0 Å². The largest absolute Gasteiger partial charge is 0.455 e. The van der Waals surface area contributed by atoms with E-state index in [9.17, 15) is 9.59 Å². The quantitative estimate of drug-likeness (QED) is 0.829. The van der Waals surface area contributed by atoms with Gasteiger partial charge in [-0.05, 0) is 27.2 Å². The van der Waals surface area contributed by atoms with Crippen molar-refractivity contribution in [2.75, 3.05) is 26.3 Å². The van der Waals surface area contributed by atoms with Crippen molar-refractivity contribution >= 4 is 11.9 Å². The highest BCUT2D eigenvalue weighted by atomic mass is 16.6. The third-order valence-electron chi connectivity index (χ3n) is 2.91. The number of carbonyl (C=O) groups excluding carboxylic acids is 2. The topological polar surface area (TPSA) is 84.5 Å². The van der Waals surface area contributed by atoms with E-state index in [2.05, 4.69) is 9.97 Å². The molecule has 0 atom stereocenters. The molecule has 1 aliphatic heterocycles. The molecule has 1 amide bonds. The first-order valence-corrected chi connectivity index (χ1v) is 7.02. The van der Waals surface area contributed by atoms with Gasteiger partial charge in [0.05, 0.1) is 12.8 Å². The molecule has 1 aromatic heterocycles. The number of rotatable bonds is 2. The molecule has 0 spiro atoms. The lowest BCUT2D eigenvalue weighted by molar-refractivity contribution is 0.00634. The van der Waals surface area contributed by atoms with E-state index in [-0.39, 0.29) is 17.4 Å². The maximum atomic E-state index is 12.3. The summed E-state index contributed by atoms with van der Waals surface area (Å²) in [5.74, 6) is -0.596. The first-order chi connectivity index (χ1) is 9.87. The van der Waals surface area contributed by atoms with E-state index in [4.69, 9.17) is 9.47 Å². The number of hydrogen-bond acceptors (Lipinski definition) is 5. The van der Waals surface area contributed by atoms with Crippen LogP contribution in [0.3, 0.4) is 0 Å². The Morgan fingerprint density at radius 3 is 2.81 bits per heavy atom. The summed E-state index contributed by atoms with van der Waals surface area (Å²) in [7, 11) is 0. The third-order valence-corrected chi connectivity index (χ3v) is 2.91. The molecule has 7 nitrogen and oxygen atoms in total. The molecule has 2 heterocycles. The fourth-order valence-electron chi connectivity index (χ4n) is 1.97. The fraction of sp³-hybridized carbons (Fsp3) is 0.643. The SMILES string of the molecule is CC(C)(C)OC(=O)c1cnc(C(=O)N2CCCOCC2)[nH]1. The van der Waals surface area contributed by atoms with Crippen molar-refractivity contribution in [2.45, 2.75) is 32.8 Å². The van der Waals surface area contributed by atoms with Crippen LogP contribution >= 0.6 is 0 Å². The van der Waals surface area contributed by atoms with Crippen molar-refractivity contribution in [2.24, 2.45) is 0 Å². The number of ether oxygens (including phenoxy) is 2. The van der Waals surface area contributed by atoms with E-state index in [1.165, 1.54) is 6.20 Å². The van der Waals surface area contributed by atoms with E-state index in [0.717, 1.165) is 6.42 Å². The smallest absolute Gasteiger partial charge is 0.356 e. The summed E-state index contributed by atoms with van der Waals surface area (Å²) in [5, 5.41) is 0. The molecule has 0 aliphatic carbocycles. The number of imidazole rings is 1. The summed E-state index contributed by atoms with van der Waals surface area (Å²) < 4.78 is 10.5. The number of nitrogens with one attached hydrogen (secondary N) is 1. The Morgan fingerprint density at radius 2 is 2.10 bits per heavy atom. The van der Waals surface area contributed by atoms with Gasteiger partial charge in [0.15, 0.2) is 5.82 Å². The van der Waals surface area contributed by atoms with Gasteiger partial charge >= 0.3 is 5.97 Å². The first-order valence-electron chi connectivity index (χ1n) is 7.02. The van der Waals surface area contributed by atoms with Gasteiger partial charge in [0.25, 0.3) is 5.91 Å². The number of aromatic amines is 1. The van der Waals surface area contributed by atoms with Crippen molar-refractivity contribution in [3.05, 3.63) is 17.7 Å². The molecule has 0 bridgehead atoms. The predicted octanol–water partition coefficient (Wildman–Crippen LogP) is 1.23. The Kier molecular flexibility index (Phi) is 4.62. The van der Waals surface area contributed by atoms with Gasteiger partial charge in [-0.3, -0.25) is 4.79 Å². The second-order valence-electron chi connectivity index (χ2n) is 5.91. The van der Waals surface area contributed by atoms with Crippen LogP contribution in [0.2, 0.25) is 0 Å². The average Bonchev–Trinajstić information content (AvgIpc) is 2.72. The molecule has 116 valence electrons. The minimum atomic E-state index is -0.589. The maximum absolute atomic E-state index is 12.3. The van der Waals surface area contributed by atoms with Crippen molar-refractivity contribution in [1.82, 2.24) is 14.9 Å². The highest BCUT2D eigenvalue weighted by Crippen LogP contribution is 2.12. The summed E-state index contributed by atoms with van der Waals surface area (Å²) in [6.45, 7) is 7.68. The number of aromatic nitrogens is 2. The zero-order chi connectivity index (χ0) is 15.5. The lowest BCUT2D eigenvalue weighted by Gasteiger charge is -2.19. The van der Waals surface area contributed by atoms with Crippen LogP contribution in [0, 0.1) is 0 Å². The van der Waals surface area contributed by atoms with E-state index in [1.807, 2.05) is 0 Å². The number of H-pyrrole nitrogens is 1. The zero-order valence-electron chi connectivity index (χ0n) is 12.6. The molecule has 0 unspecified atom stereocenters. The summed E-state index contributed by atoms with van der Waals surface area (Å²) in [6.07, 6.45) is 2.13. The normalized spacial score (nSPS) is 16.4. The Hall–Kier alpha value is -1.89. The second-order valence-corrected chi connectivity index (χ2v) is 5.91. The van der Waals surface area contributed by atoms with Gasteiger partial charge in [-0.1, -0.05) is 0 Å². The highest BCUT2D eigenvalue weighted by Gasteiger charge is 2.24. The van der Waals surface area contributed by atoms with E-state index >= 15 is 0 Å². The Balaban J connectivity index is 2.04.